The molecule has 0 spiro atoms. The Kier molecular flexibility index (Phi) is 8.27. The van der Waals surface area contributed by atoms with Gasteiger partial charge in [0.05, 0.1) is 10.7 Å². The quantitative estimate of drug-likeness (QED) is 0.132. The van der Waals surface area contributed by atoms with Crippen LogP contribution in [0.3, 0.4) is 0 Å². The van der Waals surface area contributed by atoms with Crippen molar-refractivity contribution >= 4 is 55.9 Å². The Morgan fingerprint density at radius 3 is 2.48 bits per heavy atom. The fraction of sp³-hybridized carbons (Fsp3) is 0.139. The third kappa shape index (κ3) is 5.84. The van der Waals surface area contributed by atoms with Gasteiger partial charge in [0.1, 0.15) is 4.70 Å². The zero-order valence-corrected chi connectivity index (χ0v) is 24.4. The molecule has 4 heteroatoms. The molecular weight excluding hydrogens is 525 g/mol. The van der Waals surface area contributed by atoms with Gasteiger partial charge in [-0.05, 0) is 54.0 Å². The summed E-state index contributed by atoms with van der Waals surface area (Å²) in [6.07, 6.45) is 17.2. The first-order chi connectivity index (χ1) is 19.8. The Bertz CT molecular complexity index is 1760. The summed E-state index contributed by atoms with van der Waals surface area (Å²) in [4.78, 5) is 3.70. The number of allylic oxidation sites excluding steroid dienone is 6. The maximum Gasteiger partial charge on any atom is 0.262 e. The standard InChI is InChI=1S/C36H33N2S2/c1-2-37-31-18-10-12-20-33(31)39-35(37)22-6-4-3-5-7-23-36-38(32-19-11-13-21-34(32)40-36)26-14-15-28-24-25-29-16-8-9-17-30(29)27-28/h3-13,16-25,27H,2,14-15,26H2,1H3/q+1. The van der Waals surface area contributed by atoms with E-state index in [1.54, 1.807) is 0 Å². The maximum atomic E-state index is 2.47. The van der Waals surface area contributed by atoms with Crippen molar-refractivity contribution < 1.29 is 4.57 Å². The Morgan fingerprint density at radius 1 is 0.775 bits per heavy atom. The molecule has 0 saturated heterocycles. The van der Waals surface area contributed by atoms with E-state index in [1.807, 2.05) is 23.1 Å². The Hall–Kier alpha value is -3.86. The lowest BCUT2D eigenvalue weighted by Crippen LogP contribution is -2.35. The number of aromatic nitrogens is 1. The van der Waals surface area contributed by atoms with Gasteiger partial charge < -0.3 is 4.90 Å². The molecule has 0 radical (unpaired) electrons. The van der Waals surface area contributed by atoms with Crippen LogP contribution in [-0.2, 0) is 13.0 Å². The molecule has 1 aliphatic heterocycles. The molecule has 0 bridgehead atoms. The average molecular weight is 558 g/mol. The zero-order chi connectivity index (χ0) is 27.1. The fourth-order valence-corrected chi connectivity index (χ4v) is 7.45. The van der Waals surface area contributed by atoms with Crippen molar-refractivity contribution in [1.82, 2.24) is 0 Å². The third-order valence-electron chi connectivity index (χ3n) is 7.17. The van der Waals surface area contributed by atoms with Crippen LogP contribution in [0.2, 0.25) is 0 Å². The van der Waals surface area contributed by atoms with Gasteiger partial charge in [0.15, 0.2) is 6.54 Å². The molecule has 5 aromatic rings. The molecule has 0 N–H and O–H groups in total. The molecule has 0 saturated carbocycles. The second-order valence-electron chi connectivity index (χ2n) is 9.79. The molecule has 4 aromatic carbocycles. The molecule has 2 heterocycles. The molecule has 0 unspecified atom stereocenters. The summed E-state index contributed by atoms with van der Waals surface area (Å²) >= 11 is 3.70. The molecule has 40 heavy (non-hydrogen) atoms. The molecule has 6 rings (SSSR count). The molecule has 2 nitrogen and oxygen atoms in total. The van der Waals surface area contributed by atoms with Gasteiger partial charge in [-0.2, -0.15) is 4.57 Å². The van der Waals surface area contributed by atoms with E-state index >= 15 is 0 Å². The van der Waals surface area contributed by atoms with E-state index < -0.39 is 0 Å². The average Bonchev–Trinajstić information content (AvgIpc) is 3.54. The molecule has 0 aliphatic carbocycles. The highest BCUT2D eigenvalue weighted by Gasteiger charge is 2.22. The highest BCUT2D eigenvalue weighted by molar-refractivity contribution is 8.03. The van der Waals surface area contributed by atoms with Crippen molar-refractivity contribution in [3.63, 3.8) is 0 Å². The highest BCUT2D eigenvalue weighted by atomic mass is 32.2. The maximum absolute atomic E-state index is 2.47. The van der Waals surface area contributed by atoms with E-state index in [4.69, 9.17) is 0 Å². The number of rotatable bonds is 9. The van der Waals surface area contributed by atoms with Crippen molar-refractivity contribution in [2.24, 2.45) is 0 Å². The van der Waals surface area contributed by atoms with Crippen LogP contribution in [0.25, 0.3) is 27.1 Å². The normalized spacial score (nSPS) is 14.6. The van der Waals surface area contributed by atoms with E-state index in [9.17, 15) is 0 Å². The minimum Gasteiger partial charge on any atom is -0.335 e. The van der Waals surface area contributed by atoms with Crippen LogP contribution in [0.1, 0.15) is 23.9 Å². The molecule has 1 aliphatic rings. The van der Waals surface area contributed by atoms with E-state index in [2.05, 4.69) is 150 Å². The summed E-state index contributed by atoms with van der Waals surface area (Å²) in [5.74, 6) is 0. The minimum atomic E-state index is 0.972. The van der Waals surface area contributed by atoms with Crippen molar-refractivity contribution in [3.8, 4) is 0 Å². The van der Waals surface area contributed by atoms with Crippen molar-refractivity contribution in [3.05, 3.63) is 143 Å². The van der Waals surface area contributed by atoms with Crippen LogP contribution in [0.4, 0.5) is 5.69 Å². The second kappa shape index (κ2) is 12.5. The largest absolute Gasteiger partial charge is 0.335 e. The van der Waals surface area contributed by atoms with Gasteiger partial charge in [0.2, 0.25) is 5.52 Å². The molecule has 0 fully saturated rings. The molecule has 0 amide bonds. The number of benzene rings is 4. The Balaban J connectivity index is 1.11. The lowest BCUT2D eigenvalue weighted by Gasteiger charge is -2.17. The number of thioether (sulfide) groups is 1. The summed E-state index contributed by atoms with van der Waals surface area (Å²) in [5.41, 5.74) is 4.03. The smallest absolute Gasteiger partial charge is 0.262 e. The predicted molar refractivity (Wildman–Crippen MR) is 175 cm³/mol. The van der Waals surface area contributed by atoms with E-state index in [0.29, 0.717) is 0 Å². The van der Waals surface area contributed by atoms with Crippen LogP contribution >= 0.6 is 23.1 Å². The number of nitrogens with zero attached hydrogens (tertiary/aromatic N) is 2. The predicted octanol–water partition coefficient (Wildman–Crippen LogP) is 9.57. The van der Waals surface area contributed by atoms with Gasteiger partial charge in [0, 0.05) is 30.0 Å². The summed E-state index contributed by atoms with van der Waals surface area (Å²) in [7, 11) is 0. The van der Waals surface area contributed by atoms with Gasteiger partial charge >= 0.3 is 0 Å². The van der Waals surface area contributed by atoms with Crippen molar-refractivity contribution in [2.45, 2.75) is 31.2 Å². The number of hydrogen-bond acceptors (Lipinski definition) is 3. The first-order valence-electron chi connectivity index (χ1n) is 14.0. The molecular formula is C36H33N2S2+. The monoisotopic (exact) mass is 557 g/mol. The molecule has 198 valence electrons. The number of aryl methyl sites for hydroxylation is 2. The first kappa shape index (κ1) is 26.4. The van der Waals surface area contributed by atoms with Crippen LogP contribution < -0.4 is 9.47 Å². The SMILES string of the molecule is CCN1/C(=C/C=C/C=C/C=C/c2sc3ccccc3[n+]2CCCc2ccc3ccccc3c2)Sc2ccccc21. The third-order valence-corrected chi connectivity index (χ3v) is 9.43. The lowest BCUT2D eigenvalue weighted by molar-refractivity contribution is -0.669. The van der Waals surface area contributed by atoms with Crippen LogP contribution in [0.5, 0.6) is 0 Å². The first-order valence-corrected chi connectivity index (χ1v) is 15.6. The zero-order valence-electron chi connectivity index (χ0n) is 22.7. The molecule has 1 aromatic heterocycles. The summed E-state index contributed by atoms with van der Waals surface area (Å²) in [6, 6.07) is 32.8. The lowest BCUT2D eigenvalue weighted by atomic mass is 10.0. The Labute approximate surface area is 245 Å². The fourth-order valence-electron chi connectivity index (χ4n) is 5.21. The van der Waals surface area contributed by atoms with Crippen LogP contribution in [-0.4, -0.2) is 6.54 Å². The van der Waals surface area contributed by atoms with Crippen LogP contribution in [0, 0.1) is 0 Å². The number of thiazole rings is 1. The summed E-state index contributed by atoms with van der Waals surface area (Å²) in [6.45, 7) is 4.18. The summed E-state index contributed by atoms with van der Waals surface area (Å²) < 4.78 is 3.80. The van der Waals surface area contributed by atoms with Gasteiger partial charge in [-0.3, -0.25) is 0 Å². The Morgan fingerprint density at radius 2 is 1.55 bits per heavy atom. The number of anilines is 1. The number of fused-ring (bicyclic) bond motifs is 3. The number of hydrogen-bond donors (Lipinski definition) is 0. The van der Waals surface area contributed by atoms with Crippen LogP contribution in [0.15, 0.2) is 137 Å². The van der Waals surface area contributed by atoms with Gasteiger partial charge in [-0.15, -0.1) is 0 Å². The summed E-state index contributed by atoms with van der Waals surface area (Å²) in [5, 5.41) is 5.19. The second-order valence-corrected chi connectivity index (χ2v) is 11.9. The van der Waals surface area contributed by atoms with E-state index in [0.717, 1.165) is 25.9 Å². The van der Waals surface area contributed by atoms with Crippen molar-refractivity contribution in [2.75, 3.05) is 11.4 Å². The number of para-hydroxylation sites is 2. The van der Waals surface area contributed by atoms with E-state index in [-0.39, 0.29) is 0 Å². The van der Waals surface area contributed by atoms with Gasteiger partial charge in [-0.25, -0.2) is 0 Å². The molecule has 0 atom stereocenters. The van der Waals surface area contributed by atoms with Gasteiger partial charge in [0.25, 0.3) is 5.01 Å². The highest BCUT2D eigenvalue weighted by Crippen LogP contribution is 2.45. The van der Waals surface area contributed by atoms with Crippen molar-refractivity contribution in [1.29, 1.82) is 0 Å². The van der Waals surface area contributed by atoms with E-state index in [1.165, 1.54) is 47.2 Å². The topological polar surface area (TPSA) is 7.12 Å². The minimum absolute atomic E-state index is 0.972. The van der Waals surface area contributed by atoms with Gasteiger partial charge in [-0.1, -0.05) is 120 Å².